The van der Waals surface area contributed by atoms with Gasteiger partial charge in [0.1, 0.15) is 29.0 Å². The highest BCUT2D eigenvalue weighted by Crippen LogP contribution is 2.26. The second-order valence-electron chi connectivity index (χ2n) is 9.19. The molecule has 0 aliphatic heterocycles. The summed E-state index contributed by atoms with van der Waals surface area (Å²) in [7, 11) is 0. The molecule has 6 aromatic rings. The van der Waals surface area contributed by atoms with E-state index in [1.807, 2.05) is 80.6 Å². The molecule has 0 saturated carbocycles. The van der Waals surface area contributed by atoms with Crippen molar-refractivity contribution in [1.29, 1.82) is 0 Å². The van der Waals surface area contributed by atoms with Crippen LogP contribution in [0.3, 0.4) is 0 Å². The highest BCUT2D eigenvalue weighted by atomic mass is 19.1. The summed E-state index contributed by atoms with van der Waals surface area (Å²) in [5.74, 6) is 1.45. The summed E-state index contributed by atoms with van der Waals surface area (Å²) in [5, 5.41) is 0.786. The third-order valence-electron chi connectivity index (χ3n) is 6.53. The summed E-state index contributed by atoms with van der Waals surface area (Å²) < 4.78 is 21.8. The van der Waals surface area contributed by atoms with E-state index in [9.17, 15) is 4.39 Å². The van der Waals surface area contributed by atoms with Crippen molar-refractivity contribution in [2.75, 3.05) is 0 Å². The second kappa shape index (κ2) is 9.90. The van der Waals surface area contributed by atoms with Gasteiger partial charge in [-0.2, -0.15) is 0 Å². The number of rotatable bonds is 6. The molecular weight excluding hydrogens is 475 g/mol. The Morgan fingerprint density at radius 1 is 0.868 bits per heavy atom. The largest absolute Gasteiger partial charge is 0.486 e. The van der Waals surface area contributed by atoms with Crippen molar-refractivity contribution >= 4 is 34.1 Å². The molecular formula is C32H25FN4O. The van der Waals surface area contributed by atoms with Crippen LogP contribution in [0.25, 0.3) is 39.8 Å². The van der Waals surface area contributed by atoms with E-state index >= 15 is 0 Å². The van der Waals surface area contributed by atoms with Crippen LogP contribution >= 0.6 is 0 Å². The van der Waals surface area contributed by atoms with Gasteiger partial charge in [-0.3, -0.25) is 9.55 Å². The van der Waals surface area contributed by atoms with E-state index in [1.54, 1.807) is 18.5 Å². The third kappa shape index (κ3) is 4.76. The van der Waals surface area contributed by atoms with Gasteiger partial charge < -0.3 is 4.74 Å². The molecule has 3 aromatic carbocycles. The summed E-state index contributed by atoms with van der Waals surface area (Å²) >= 11 is 0. The highest BCUT2D eigenvalue weighted by molar-refractivity contribution is 5.81. The van der Waals surface area contributed by atoms with Crippen molar-refractivity contribution in [2.45, 2.75) is 20.0 Å². The number of ether oxygens (including phenoxy) is 1. The van der Waals surface area contributed by atoms with E-state index in [1.165, 1.54) is 12.1 Å². The molecule has 0 spiro atoms. The number of hydrogen-bond acceptors (Lipinski definition) is 4. The number of hydrogen-bond donors (Lipinski definition) is 0. The lowest BCUT2D eigenvalue weighted by molar-refractivity contribution is 0.227. The molecule has 0 radical (unpaired) electrons. The molecule has 1 unspecified atom stereocenters. The smallest absolute Gasteiger partial charge is 0.123 e. The second-order valence-corrected chi connectivity index (χ2v) is 9.19. The molecule has 3 heterocycles. The lowest BCUT2D eigenvalue weighted by Crippen LogP contribution is -2.03. The normalized spacial score (nSPS) is 12.4. The Bertz CT molecular complexity index is 1790. The van der Waals surface area contributed by atoms with Gasteiger partial charge in [0.15, 0.2) is 0 Å². The van der Waals surface area contributed by atoms with Gasteiger partial charge in [-0.1, -0.05) is 30.3 Å². The van der Waals surface area contributed by atoms with Crippen molar-refractivity contribution in [3.8, 4) is 11.4 Å². The van der Waals surface area contributed by atoms with Crippen molar-refractivity contribution in [3.63, 3.8) is 0 Å². The van der Waals surface area contributed by atoms with Gasteiger partial charge >= 0.3 is 0 Å². The van der Waals surface area contributed by atoms with Gasteiger partial charge in [0.05, 0.1) is 22.9 Å². The fraction of sp³-hybridized carbons (Fsp3) is 0.0938. The topological polar surface area (TPSA) is 52.8 Å². The van der Waals surface area contributed by atoms with Gasteiger partial charge in [-0.25, -0.2) is 14.4 Å². The van der Waals surface area contributed by atoms with E-state index in [-0.39, 0.29) is 11.9 Å². The lowest BCUT2D eigenvalue weighted by Gasteiger charge is -2.16. The fourth-order valence-electron chi connectivity index (χ4n) is 4.63. The molecule has 1 atom stereocenters. The predicted molar refractivity (Wildman–Crippen MR) is 150 cm³/mol. The summed E-state index contributed by atoms with van der Waals surface area (Å²) in [4.78, 5) is 13.4. The minimum Gasteiger partial charge on any atom is -0.486 e. The molecule has 6 rings (SSSR count). The van der Waals surface area contributed by atoms with Gasteiger partial charge in [0.2, 0.25) is 0 Å². The highest BCUT2D eigenvalue weighted by Gasteiger charge is 2.11. The first-order valence-electron chi connectivity index (χ1n) is 12.4. The Labute approximate surface area is 219 Å². The molecule has 38 heavy (non-hydrogen) atoms. The molecule has 0 fully saturated rings. The average molecular weight is 501 g/mol. The number of benzene rings is 3. The Hall–Kier alpha value is -4.84. The molecule has 0 N–H and O–H groups in total. The van der Waals surface area contributed by atoms with E-state index in [0.29, 0.717) is 0 Å². The lowest BCUT2D eigenvalue weighted by atomic mass is 10.1. The van der Waals surface area contributed by atoms with Crippen LogP contribution in [0.4, 0.5) is 4.39 Å². The van der Waals surface area contributed by atoms with Crippen LogP contribution in [-0.2, 0) is 0 Å². The minimum atomic E-state index is -0.258. The molecule has 0 bridgehead atoms. The van der Waals surface area contributed by atoms with Crippen LogP contribution in [0.1, 0.15) is 35.7 Å². The van der Waals surface area contributed by atoms with Gasteiger partial charge in [0, 0.05) is 17.3 Å². The summed E-state index contributed by atoms with van der Waals surface area (Å²) in [6, 6.07) is 26.7. The molecule has 6 heteroatoms. The van der Waals surface area contributed by atoms with Crippen LogP contribution in [0.5, 0.6) is 5.75 Å². The maximum absolute atomic E-state index is 13.4. The summed E-state index contributed by atoms with van der Waals surface area (Å²) in [5.41, 5.74) is 6.63. The SMILES string of the molecule is Cc1nc2cnccc2n1-c1ccc(OC(C)c2cccc(/C=C/c3ccc4cc(F)ccc4n3)c2)cc1. The van der Waals surface area contributed by atoms with Gasteiger partial charge in [0.25, 0.3) is 0 Å². The Balaban J connectivity index is 1.17. The van der Waals surface area contributed by atoms with E-state index in [4.69, 9.17) is 4.74 Å². The van der Waals surface area contributed by atoms with Gasteiger partial charge in [-0.15, -0.1) is 0 Å². The number of aryl methyl sites for hydroxylation is 1. The van der Waals surface area contributed by atoms with Crippen LogP contribution in [0.15, 0.2) is 97.3 Å². The van der Waals surface area contributed by atoms with Gasteiger partial charge in [-0.05, 0) is 91.7 Å². The first-order chi connectivity index (χ1) is 18.5. The number of aromatic nitrogens is 4. The zero-order valence-corrected chi connectivity index (χ0v) is 21.0. The van der Waals surface area contributed by atoms with Crippen LogP contribution in [-0.4, -0.2) is 19.5 Å². The average Bonchev–Trinajstić information content (AvgIpc) is 3.28. The van der Waals surface area contributed by atoms with Crippen molar-refractivity contribution in [1.82, 2.24) is 19.5 Å². The summed E-state index contributed by atoms with van der Waals surface area (Å²) in [6.45, 7) is 4.03. The van der Waals surface area contributed by atoms with Crippen LogP contribution in [0, 0.1) is 12.7 Å². The number of fused-ring (bicyclic) bond motifs is 2. The maximum atomic E-state index is 13.4. The van der Waals surface area contributed by atoms with Crippen LogP contribution in [0.2, 0.25) is 0 Å². The Morgan fingerprint density at radius 3 is 2.61 bits per heavy atom. The summed E-state index contributed by atoms with van der Waals surface area (Å²) in [6.07, 6.45) is 7.41. The molecule has 5 nitrogen and oxygen atoms in total. The molecule has 186 valence electrons. The molecule has 0 aliphatic rings. The molecule has 0 saturated heterocycles. The predicted octanol–water partition coefficient (Wildman–Crippen LogP) is 7.73. The molecule has 0 amide bonds. The van der Waals surface area contributed by atoms with Crippen molar-refractivity contribution in [2.24, 2.45) is 0 Å². The van der Waals surface area contributed by atoms with Crippen LogP contribution < -0.4 is 4.74 Å². The Morgan fingerprint density at radius 2 is 1.74 bits per heavy atom. The first kappa shape index (κ1) is 23.6. The fourth-order valence-corrected chi connectivity index (χ4v) is 4.63. The number of imidazole rings is 1. The number of nitrogens with zero attached hydrogens (tertiary/aromatic N) is 4. The van der Waals surface area contributed by atoms with E-state index in [2.05, 4.69) is 31.7 Å². The quantitative estimate of drug-likeness (QED) is 0.235. The Kier molecular flexibility index (Phi) is 6.14. The molecule has 0 aliphatic carbocycles. The van der Waals surface area contributed by atoms with Crippen molar-refractivity contribution in [3.05, 3.63) is 126 Å². The standard InChI is InChI=1S/C32H25FN4O/c1-21(38-29-13-11-28(12-14-29)37-22(2)35-31-20-34-17-16-32(31)37)24-5-3-4-23(18-24)6-9-27-10-7-25-19-26(33)8-15-30(25)36-27/h3-21H,1-2H3/b9-6+. The van der Waals surface area contributed by atoms with Crippen molar-refractivity contribution < 1.29 is 9.13 Å². The third-order valence-corrected chi connectivity index (χ3v) is 6.53. The van der Waals surface area contributed by atoms with E-state index < -0.39 is 0 Å². The van der Waals surface area contributed by atoms with E-state index in [0.717, 1.165) is 56.0 Å². The zero-order chi connectivity index (χ0) is 26.1. The maximum Gasteiger partial charge on any atom is 0.123 e. The molecule has 3 aromatic heterocycles. The number of halogens is 1. The minimum absolute atomic E-state index is 0.134. The first-order valence-corrected chi connectivity index (χ1v) is 12.4. The zero-order valence-electron chi connectivity index (χ0n) is 21.0. The number of pyridine rings is 2. The monoisotopic (exact) mass is 500 g/mol.